The predicted molar refractivity (Wildman–Crippen MR) is 362 cm³/mol. The summed E-state index contributed by atoms with van der Waals surface area (Å²) < 4.78 is 17.0. The van der Waals surface area contributed by atoms with E-state index in [1.807, 2.05) is 0 Å². The molecule has 6 heteroatoms. The molecule has 0 N–H and O–H groups in total. The summed E-state index contributed by atoms with van der Waals surface area (Å²) in [6.07, 6.45) is 97.8. The van der Waals surface area contributed by atoms with E-state index in [9.17, 15) is 14.4 Å². The summed E-state index contributed by atoms with van der Waals surface area (Å²) in [5.41, 5.74) is 0. The van der Waals surface area contributed by atoms with Crippen LogP contribution in [0.25, 0.3) is 0 Å². The molecule has 0 spiro atoms. The van der Waals surface area contributed by atoms with Gasteiger partial charge in [0.2, 0.25) is 0 Å². The highest BCUT2D eigenvalue weighted by Crippen LogP contribution is 2.17. The van der Waals surface area contributed by atoms with Crippen LogP contribution in [-0.4, -0.2) is 37.2 Å². The molecule has 0 aliphatic heterocycles. The number of carbonyl (C=O) groups is 3. The second-order valence-electron chi connectivity index (χ2n) is 23.0. The summed E-state index contributed by atoms with van der Waals surface area (Å²) in [5.74, 6) is -0.904. The van der Waals surface area contributed by atoms with Crippen molar-refractivity contribution in [3.8, 4) is 0 Å². The minimum absolute atomic E-state index is 0.0902. The Labute approximate surface area is 513 Å². The largest absolute Gasteiger partial charge is 0.462 e. The fraction of sp³-hybridized carbons (Fsp3) is 0.701. The summed E-state index contributed by atoms with van der Waals surface area (Å²) in [4.78, 5) is 38.5. The standard InChI is InChI=1S/C77H130O6/c1-4-7-10-13-16-19-22-25-28-31-34-36-37-38-39-41-43-46-49-52-55-58-61-64-67-70-76(79)82-73-74(72-81-75(78)69-66-63-60-57-54-51-48-45-42-33-30-27-24-21-18-15-12-9-6-3)83-77(80)71-68-65-62-59-56-53-50-47-44-40-35-32-29-26-23-20-17-14-11-8-5-2/h7,9-10,12,16,18-19,21,25,27-28,30,34,36,38-39,42-43,45-46,74H,4-6,8,11,13-15,17,20,22-24,26,29,31-33,35,37,40-41,44,47-73H2,1-3H3/b10-7-,12-9-,19-16-,21-18-,28-25-,30-27-,36-34-,39-38-,45-42-,46-43-. The molecule has 0 aromatic carbocycles. The van der Waals surface area contributed by atoms with Crippen LogP contribution >= 0.6 is 0 Å². The van der Waals surface area contributed by atoms with Gasteiger partial charge in [0.1, 0.15) is 13.2 Å². The van der Waals surface area contributed by atoms with Crippen LogP contribution in [0.15, 0.2) is 122 Å². The first-order valence-corrected chi connectivity index (χ1v) is 35.0. The van der Waals surface area contributed by atoms with Crippen molar-refractivity contribution in [2.75, 3.05) is 13.2 Å². The Balaban J connectivity index is 4.43. The van der Waals surface area contributed by atoms with Crippen molar-refractivity contribution >= 4 is 17.9 Å². The zero-order valence-corrected chi connectivity index (χ0v) is 54.4. The molecule has 0 aliphatic rings. The monoisotopic (exact) mass is 1150 g/mol. The van der Waals surface area contributed by atoms with Crippen molar-refractivity contribution in [1.82, 2.24) is 0 Å². The highest BCUT2D eigenvalue weighted by Gasteiger charge is 2.19. The van der Waals surface area contributed by atoms with E-state index in [2.05, 4.69) is 142 Å². The Morgan fingerprint density at radius 2 is 0.470 bits per heavy atom. The van der Waals surface area contributed by atoms with Gasteiger partial charge in [0.15, 0.2) is 6.10 Å². The maximum atomic E-state index is 13.0. The van der Waals surface area contributed by atoms with Gasteiger partial charge in [0.05, 0.1) is 0 Å². The molecular formula is C77H130O6. The second-order valence-corrected chi connectivity index (χ2v) is 23.0. The minimum atomic E-state index is -0.795. The van der Waals surface area contributed by atoms with Crippen molar-refractivity contribution in [3.63, 3.8) is 0 Å². The molecule has 0 aromatic heterocycles. The first kappa shape index (κ1) is 78.8. The molecule has 1 atom stereocenters. The first-order valence-electron chi connectivity index (χ1n) is 35.0. The molecule has 0 saturated heterocycles. The maximum Gasteiger partial charge on any atom is 0.306 e. The predicted octanol–water partition coefficient (Wildman–Crippen LogP) is 24.3. The molecule has 474 valence electrons. The average Bonchev–Trinajstić information content (AvgIpc) is 3.50. The van der Waals surface area contributed by atoms with Crippen LogP contribution in [0, 0.1) is 0 Å². The lowest BCUT2D eigenvalue weighted by molar-refractivity contribution is -0.167. The molecule has 1 unspecified atom stereocenters. The SMILES string of the molecule is CC/C=C\C/C=C\C/C=C\C/C=C\C/C=C\C/C=C\CCCCCCCCC(=O)OCC(COC(=O)CCCCCCCC/C=C\C/C=C\C/C=C\C/C=C\CC)OC(=O)CCCCCCCCCCCCCCCCCCCCCCC. The number of carbonyl (C=O) groups excluding carboxylic acids is 3. The molecule has 6 nitrogen and oxygen atoms in total. The minimum Gasteiger partial charge on any atom is -0.462 e. The molecule has 0 aliphatic carbocycles. The number of allylic oxidation sites excluding steroid dienone is 20. The van der Waals surface area contributed by atoms with Crippen molar-refractivity contribution < 1.29 is 28.6 Å². The second kappa shape index (κ2) is 70.3. The smallest absolute Gasteiger partial charge is 0.306 e. The molecule has 0 amide bonds. The fourth-order valence-corrected chi connectivity index (χ4v) is 9.79. The van der Waals surface area contributed by atoms with Crippen LogP contribution in [0.5, 0.6) is 0 Å². The maximum absolute atomic E-state index is 13.0. The van der Waals surface area contributed by atoms with E-state index in [0.717, 1.165) is 148 Å². The first-order chi connectivity index (χ1) is 41.0. The van der Waals surface area contributed by atoms with Crippen LogP contribution in [0.1, 0.15) is 329 Å². The van der Waals surface area contributed by atoms with Crippen molar-refractivity contribution in [1.29, 1.82) is 0 Å². The van der Waals surface area contributed by atoms with E-state index < -0.39 is 6.10 Å². The third-order valence-corrected chi connectivity index (χ3v) is 15.0. The Kier molecular flexibility index (Phi) is 66.7. The van der Waals surface area contributed by atoms with E-state index in [1.165, 1.54) is 141 Å². The highest BCUT2D eigenvalue weighted by molar-refractivity contribution is 5.71. The molecule has 0 rings (SSSR count). The topological polar surface area (TPSA) is 78.9 Å². The third-order valence-electron chi connectivity index (χ3n) is 15.0. The van der Waals surface area contributed by atoms with Gasteiger partial charge in [-0.15, -0.1) is 0 Å². The van der Waals surface area contributed by atoms with Gasteiger partial charge >= 0.3 is 17.9 Å². The molecule has 0 saturated carbocycles. The lowest BCUT2D eigenvalue weighted by Crippen LogP contribution is -2.30. The molecule has 0 radical (unpaired) electrons. The van der Waals surface area contributed by atoms with Gasteiger partial charge < -0.3 is 14.2 Å². The van der Waals surface area contributed by atoms with Crippen molar-refractivity contribution in [2.45, 2.75) is 335 Å². The van der Waals surface area contributed by atoms with E-state index >= 15 is 0 Å². The summed E-state index contributed by atoms with van der Waals surface area (Å²) in [6, 6.07) is 0. The van der Waals surface area contributed by atoms with Crippen molar-refractivity contribution in [2.24, 2.45) is 0 Å². The van der Waals surface area contributed by atoms with Gasteiger partial charge in [0, 0.05) is 19.3 Å². The molecule has 0 heterocycles. The van der Waals surface area contributed by atoms with Crippen LogP contribution in [-0.2, 0) is 28.6 Å². The highest BCUT2D eigenvalue weighted by atomic mass is 16.6. The third kappa shape index (κ3) is 68.5. The van der Waals surface area contributed by atoms with E-state index in [1.54, 1.807) is 0 Å². The van der Waals surface area contributed by atoms with Crippen LogP contribution in [0.3, 0.4) is 0 Å². The van der Waals surface area contributed by atoms with Crippen LogP contribution in [0.2, 0.25) is 0 Å². The van der Waals surface area contributed by atoms with E-state index in [0.29, 0.717) is 19.3 Å². The molecular weight excluding hydrogens is 1020 g/mol. The zero-order chi connectivity index (χ0) is 59.9. The van der Waals surface area contributed by atoms with Gasteiger partial charge in [0.25, 0.3) is 0 Å². The molecule has 0 aromatic rings. The van der Waals surface area contributed by atoms with Crippen LogP contribution < -0.4 is 0 Å². The molecule has 83 heavy (non-hydrogen) atoms. The number of esters is 3. The fourth-order valence-electron chi connectivity index (χ4n) is 9.79. The number of unbranched alkanes of at least 4 members (excludes halogenated alkanes) is 32. The quantitative estimate of drug-likeness (QED) is 0.0261. The Morgan fingerprint density at radius 1 is 0.253 bits per heavy atom. The summed E-state index contributed by atoms with van der Waals surface area (Å²) in [6.45, 7) is 6.43. The molecule has 0 bridgehead atoms. The number of hydrogen-bond acceptors (Lipinski definition) is 6. The summed E-state index contributed by atoms with van der Waals surface area (Å²) >= 11 is 0. The Hall–Kier alpha value is -4.19. The van der Waals surface area contributed by atoms with Gasteiger partial charge in [-0.2, -0.15) is 0 Å². The number of ether oxygens (including phenoxy) is 3. The van der Waals surface area contributed by atoms with Crippen LogP contribution in [0.4, 0.5) is 0 Å². The lowest BCUT2D eigenvalue weighted by atomic mass is 10.0. The number of hydrogen-bond donors (Lipinski definition) is 0. The van der Waals surface area contributed by atoms with Gasteiger partial charge in [-0.05, 0) is 109 Å². The van der Waals surface area contributed by atoms with Gasteiger partial charge in [-0.3, -0.25) is 14.4 Å². The average molecular weight is 1150 g/mol. The summed E-state index contributed by atoms with van der Waals surface area (Å²) in [7, 11) is 0. The zero-order valence-electron chi connectivity index (χ0n) is 54.4. The van der Waals surface area contributed by atoms with E-state index in [-0.39, 0.29) is 31.1 Å². The van der Waals surface area contributed by atoms with Crippen molar-refractivity contribution in [3.05, 3.63) is 122 Å². The molecule has 0 fully saturated rings. The Morgan fingerprint density at radius 3 is 0.735 bits per heavy atom. The number of rotatable bonds is 63. The summed E-state index contributed by atoms with van der Waals surface area (Å²) in [5, 5.41) is 0. The van der Waals surface area contributed by atoms with Gasteiger partial charge in [-0.1, -0.05) is 322 Å². The lowest BCUT2D eigenvalue weighted by Gasteiger charge is -2.18. The Bertz CT molecular complexity index is 1700. The normalized spacial score (nSPS) is 12.9. The van der Waals surface area contributed by atoms with E-state index in [4.69, 9.17) is 14.2 Å². The van der Waals surface area contributed by atoms with Gasteiger partial charge in [-0.25, -0.2) is 0 Å².